The zero-order valence-corrected chi connectivity index (χ0v) is 14.1. The molecule has 0 saturated heterocycles. The smallest absolute Gasteiger partial charge is 0.249 e. The topological polar surface area (TPSA) is 62.7 Å². The van der Waals surface area contributed by atoms with Crippen LogP contribution < -0.4 is 10.6 Å². The van der Waals surface area contributed by atoms with E-state index in [0.717, 1.165) is 11.5 Å². The molecule has 0 unspecified atom stereocenters. The van der Waals surface area contributed by atoms with E-state index in [-0.39, 0.29) is 0 Å². The molecule has 1 aromatic heterocycles. The van der Waals surface area contributed by atoms with Gasteiger partial charge in [-0.15, -0.1) is 5.10 Å². The quantitative estimate of drug-likeness (QED) is 0.857. The van der Waals surface area contributed by atoms with Gasteiger partial charge in [-0.2, -0.15) is 10.1 Å². The number of anilines is 3. The Bertz CT molecular complexity index is 662. The first-order chi connectivity index (χ1) is 11.1. The third-order valence-corrected chi connectivity index (χ3v) is 4.43. The lowest BCUT2D eigenvalue weighted by Crippen LogP contribution is -2.16. The predicted molar refractivity (Wildman–Crippen MR) is 94.3 cm³/mol. The minimum atomic E-state index is 0.435. The van der Waals surface area contributed by atoms with Gasteiger partial charge in [0.15, 0.2) is 5.82 Å². The van der Waals surface area contributed by atoms with Gasteiger partial charge in [-0.1, -0.05) is 44.9 Å². The Morgan fingerprint density at radius 2 is 1.96 bits per heavy atom. The minimum Gasteiger partial charge on any atom is -0.366 e. The normalized spacial score (nSPS) is 15.1. The van der Waals surface area contributed by atoms with Crippen molar-refractivity contribution in [3.8, 4) is 0 Å². The summed E-state index contributed by atoms with van der Waals surface area (Å²) in [5.41, 5.74) is 3.54. The van der Waals surface area contributed by atoms with Crippen LogP contribution in [0.5, 0.6) is 0 Å². The third kappa shape index (κ3) is 3.78. The van der Waals surface area contributed by atoms with E-state index in [9.17, 15) is 0 Å². The van der Waals surface area contributed by atoms with Crippen LogP contribution in [0.4, 0.5) is 17.5 Å². The third-order valence-electron chi connectivity index (χ3n) is 4.43. The van der Waals surface area contributed by atoms with Gasteiger partial charge in [0.1, 0.15) is 0 Å². The summed E-state index contributed by atoms with van der Waals surface area (Å²) in [6.07, 6.45) is 6.71. The molecule has 0 bridgehead atoms. The van der Waals surface area contributed by atoms with Crippen molar-refractivity contribution >= 4 is 17.5 Å². The lowest BCUT2D eigenvalue weighted by molar-refractivity contribution is 0.747. The Kier molecular flexibility index (Phi) is 4.74. The highest BCUT2D eigenvalue weighted by Crippen LogP contribution is 2.29. The van der Waals surface area contributed by atoms with Gasteiger partial charge < -0.3 is 10.6 Å². The molecule has 1 aromatic carbocycles. The van der Waals surface area contributed by atoms with Crippen LogP contribution in [-0.4, -0.2) is 21.2 Å². The molecule has 5 heteroatoms. The first kappa shape index (κ1) is 15.7. The number of rotatable bonds is 5. The molecule has 0 amide bonds. The molecule has 1 heterocycles. The Labute approximate surface area is 137 Å². The fourth-order valence-electron chi connectivity index (χ4n) is 3.16. The summed E-state index contributed by atoms with van der Waals surface area (Å²) in [5, 5.41) is 15.1. The molecule has 1 aliphatic carbocycles. The predicted octanol–water partition coefficient (Wildman–Crippen LogP) is 4.40. The molecule has 5 nitrogen and oxygen atoms in total. The molecule has 23 heavy (non-hydrogen) atoms. The van der Waals surface area contributed by atoms with Gasteiger partial charge in [0, 0.05) is 11.7 Å². The minimum absolute atomic E-state index is 0.435. The second-order valence-electron chi connectivity index (χ2n) is 6.61. The summed E-state index contributed by atoms with van der Waals surface area (Å²) in [6, 6.07) is 6.85. The lowest BCUT2D eigenvalue weighted by atomic mass is 9.98. The summed E-state index contributed by atoms with van der Waals surface area (Å²) in [4.78, 5) is 4.58. The zero-order valence-electron chi connectivity index (χ0n) is 14.1. The molecule has 2 N–H and O–H groups in total. The average Bonchev–Trinajstić information content (AvgIpc) is 3.02. The van der Waals surface area contributed by atoms with E-state index in [0.29, 0.717) is 17.9 Å². The van der Waals surface area contributed by atoms with Gasteiger partial charge >= 0.3 is 0 Å². The van der Waals surface area contributed by atoms with Crippen molar-refractivity contribution < 1.29 is 0 Å². The number of aryl methyl sites for hydroxylation is 1. The lowest BCUT2D eigenvalue weighted by Gasteiger charge is -2.17. The fourth-order valence-corrected chi connectivity index (χ4v) is 3.16. The summed E-state index contributed by atoms with van der Waals surface area (Å²) in [7, 11) is 0. The van der Waals surface area contributed by atoms with Crippen molar-refractivity contribution in [2.75, 3.05) is 10.6 Å². The van der Waals surface area contributed by atoms with Crippen molar-refractivity contribution in [1.29, 1.82) is 0 Å². The van der Waals surface area contributed by atoms with Crippen LogP contribution in [0.2, 0.25) is 0 Å². The highest BCUT2D eigenvalue weighted by Gasteiger charge is 2.16. The van der Waals surface area contributed by atoms with Crippen LogP contribution in [0.3, 0.4) is 0 Å². The second kappa shape index (κ2) is 6.94. The maximum Gasteiger partial charge on any atom is 0.249 e. The molecule has 122 valence electrons. The first-order valence-electron chi connectivity index (χ1n) is 8.46. The summed E-state index contributed by atoms with van der Waals surface area (Å²) in [6.45, 7) is 6.48. The Morgan fingerprint density at radius 1 is 1.17 bits per heavy atom. The van der Waals surface area contributed by atoms with E-state index in [2.05, 4.69) is 64.8 Å². The van der Waals surface area contributed by atoms with Gasteiger partial charge in [0.25, 0.3) is 0 Å². The number of hydrogen-bond acceptors (Lipinski definition) is 5. The molecule has 1 fully saturated rings. The number of hydrogen-bond donors (Lipinski definition) is 2. The summed E-state index contributed by atoms with van der Waals surface area (Å²) in [5.74, 6) is 1.78. The molecule has 1 aliphatic rings. The van der Waals surface area contributed by atoms with Crippen molar-refractivity contribution in [2.24, 2.45) is 0 Å². The number of benzene rings is 1. The van der Waals surface area contributed by atoms with Crippen LogP contribution in [-0.2, 0) is 0 Å². The maximum absolute atomic E-state index is 4.58. The van der Waals surface area contributed by atoms with E-state index >= 15 is 0 Å². The van der Waals surface area contributed by atoms with Crippen molar-refractivity contribution in [1.82, 2.24) is 15.2 Å². The van der Waals surface area contributed by atoms with Crippen LogP contribution in [0.25, 0.3) is 0 Å². The van der Waals surface area contributed by atoms with Gasteiger partial charge in [-0.3, -0.25) is 0 Å². The molecule has 0 aliphatic heterocycles. The van der Waals surface area contributed by atoms with Crippen LogP contribution in [0.1, 0.15) is 56.6 Å². The van der Waals surface area contributed by atoms with E-state index in [1.54, 1.807) is 6.20 Å². The van der Waals surface area contributed by atoms with Gasteiger partial charge in [0.2, 0.25) is 5.95 Å². The van der Waals surface area contributed by atoms with Crippen LogP contribution in [0, 0.1) is 6.92 Å². The molecule has 0 atom stereocenters. The van der Waals surface area contributed by atoms with Gasteiger partial charge in [0.05, 0.1) is 6.20 Å². The zero-order chi connectivity index (χ0) is 16.2. The molecule has 0 spiro atoms. The van der Waals surface area contributed by atoms with E-state index < -0.39 is 0 Å². The van der Waals surface area contributed by atoms with Crippen molar-refractivity contribution in [3.63, 3.8) is 0 Å². The molecule has 0 radical (unpaired) electrons. The first-order valence-corrected chi connectivity index (χ1v) is 8.46. The standard InChI is InChI=1S/C18H25N5/c1-12(2)15-10-6-7-13(3)17(15)22-18-21-16(11-19-23-18)20-14-8-4-5-9-14/h6-7,10-12,14H,4-5,8-9H2,1-3H3,(H2,20,21,22,23). The van der Waals surface area contributed by atoms with E-state index in [1.165, 1.54) is 36.8 Å². The molecule has 3 rings (SSSR count). The Hall–Kier alpha value is -2.17. The maximum atomic E-state index is 4.58. The fraction of sp³-hybridized carbons (Fsp3) is 0.500. The van der Waals surface area contributed by atoms with E-state index in [1.807, 2.05) is 0 Å². The number of nitrogens with zero attached hydrogens (tertiary/aromatic N) is 3. The summed E-state index contributed by atoms with van der Waals surface area (Å²) < 4.78 is 0. The molecule has 1 saturated carbocycles. The SMILES string of the molecule is Cc1cccc(C(C)C)c1Nc1nncc(NC2CCCC2)n1. The van der Waals surface area contributed by atoms with Crippen molar-refractivity contribution in [3.05, 3.63) is 35.5 Å². The van der Waals surface area contributed by atoms with E-state index in [4.69, 9.17) is 0 Å². The highest BCUT2D eigenvalue weighted by atomic mass is 15.3. The largest absolute Gasteiger partial charge is 0.366 e. The number of aromatic nitrogens is 3. The van der Waals surface area contributed by atoms with Crippen LogP contribution >= 0.6 is 0 Å². The van der Waals surface area contributed by atoms with Crippen LogP contribution in [0.15, 0.2) is 24.4 Å². The Morgan fingerprint density at radius 3 is 2.70 bits per heavy atom. The Balaban J connectivity index is 1.80. The van der Waals surface area contributed by atoms with Crippen molar-refractivity contribution in [2.45, 2.75) is 58.4 Å². The highest BCUT2D eigenvalue weighted by molar-refractivity contribution is 5.64. The average molecular weight is 311 g/mol. The molecule has 2 aromatic rings. The monoisotopic (exact) mass is 311 g/mol. The number of para-hydroxylation sites is 1. The summed E-state index contributed by atoms with van der Waals surface area (Å²) >= 11 is 0. The second-order valence-corrected chi connectivity index (χ2v) is 6.61. The molecular weight excluding hydrogens is 286 g/mol. The molecular formula is C18H25N5. The van der Waals surface area contributed by atoms with Gasteiger partial charge in [-0.25, -0.2) is 0 Å². The number of nitrogens with one attached hydrogen (secondary N) is 2. The van der Waals surface area contributed by atoms with Gasteiger partial charge in [-0.05, 0) is 36.8 Å².